The van der Waals surface area contributed by atoms with Crippen molar-refractivity contribution in [2.45, 2.75) is 46.5 Å². The first-order valence-corrected chi connectivity index (χ1v) is 7.38. The molecule has 1 aromatic carbocycles. The van der Waals surface area contributed by atoms with Crippen LogP contribution in [0.15, 0.2) is 18.2 Å². The molecule has 19 heavy (non-hydrogen) atoms. The molecule has 1 saturated carbocycles. The van der Waals surface area contributed by atoms with E-state index in [9.17, 15) is 0 Å². The van der Waals surface area contributed by atoms with Gasteiger partial charge in [0.25, 0.3) is 0 Å². The van der Waals surface area contributed by atoms with Gasteiger partial charge in [0.2, 0.25) is 0 Å². The third kappa shape index (κ3) is 1.53. The number of aryl methyl sites for hydroxylation is 1. The summed E-state index contributed by atoms with van der Waals surface area (Å²) >= 11 is 6.13. The Morgan fingerprint density at radius 2 is 1.84 bits per heavy atom. The summed E-state index contributed by atoms with van der Waals surface area (Å²) in [5.41, 5.74) is 4.16. The molecule has 0 saturated heterocycles. The number of aromatic nitrogens is 2. The van der Waals surface area contributed by atoms with Crippen molar-refractivity contribution in [3.05, 3.63) is 29.6 Å². The molecule has 0 atom stereocenters. The topological polar surface area (TPSA) is 17.8 Å². The van der Waals surface area contributed by atoms with E-state index < -0.39 is 0 Å². The number of imidazole rings is 1. The highest BCUT2D eigenvalue weighted by Gasteiger charge is 2.66. The van der Waals surface area contributed by atoms with Gasteiger partial charge in [0.15, 0.2) is 0 Å². The average molecular weight is 277 g/mol. The lowest BCUT2D eigenvalue weighted by Gasteiger charge is -2.11. The predicted molar refractivity (Wildman–Crippen MR) is 80.6 cm³/mol. The van der Waals surface area contributed by atoms with Crippen molar-refractivity contribution in [2.75, 3.05) is 0 Å². The van der Waals surface area contributed by atoms with Crippen molar-refractivity contribution in [1.82, 2.24) is 9.55 Å². The van der Waals surface area contributed by atoms with Crippen LogP contribution in [0.25, 0.3) is 11.0 Å². The number of hydrogen-bond donors (Lipinski definition) is 0. The lowest BCUT2D eigenvalue weighted by Crippen LogP contribution is -2.05. The third-order valence-corrected chi connectivity index (χ3v) is 5.55. The van der Waals surface area contributed by atoms with Gasteiger partial charge >= 0.3 is 0 Å². The molecule has 0 spiro atoms. The fourth-order valence-electron chi connectivity index (χ4n) is 3.55. The van der Waals surface area contributed by atoms with Crippen LogP contribution < -0.4 is 0 Å². The first-order chi connectivity index (χ1) is 8.82. The number of fused-ring (bicyclic) bond motifs is 1. The number of alkyl halides is 1. The molecule has 1 aliphatic rings. The Hall–Kier alpha value is -1.02. The van der Waals surface area contributed by atoms with Gasteiger partial charge in [-0.3, -0.25) is 0 Å². The molecule has 1 heterocycles. The Labute approximate surface area is 119 Å². The fourth-order valence-corrected chi connectivity index (χ4v) is 3.74. The molecule has 3 heteroatoms. The number of para-hydroxylation sites is 1. The van der Waals surface area contributed by atoms with Crippen molar-refractivity contribution in [3.8, 4) is 0 Å². The van der Waals surface area contributed by atoms with Crippen molar-refractivity contribution in [2.24, 2.45) is 10.8 Å². The largest absolute Gasteiger partial charge is 0.323 e. The van der Waals surface area contributed by atoms with Gasteiger partial charge in [-0.1, -0.05) is 39.8 Å². The van der Waals surface area contributed by atoms with Crippen LogP contribution in [0.1, 0.15) is 45.1 Å². The third-order valence-electron chi connectivity index (χ3n) is 5.31. The normalized spacial score (nSPS) is 20.9. The predicted octanol–water partition coefficient (Wildman–Crippen LogP) is 4.69. The minimum atomic E-state index is 0.281. The molecule has 2 nitrogen and oxygen atoms in total. The van der Waals surface area contributed by atoms with Gasteiger partial charge in [0, 0.05) is 6.04 Å². The summed E-state index contributed by atoms with van der Waals surface area (Å²) in [5, 5.41) is 0. The second kappa shape index (κ2) is 3.76. The van der Waals surface area contributed by atoms with Crippen LogP contribution >= 0.6 is 11.6 Å². The molecule has 0 amide bonds. The van der Waals surface area contributed by atoms with Gasteiger partial charge in [0.05, 0.1) is 16.9 Å². The highest BCUT2D eigenvalue weighted by Crippen LogP contribution is 2.72. The molecule has 2 aromatic rings. The van der Waals surface area contributed by atoms with E-state index in [-0.39, 0.29) is 10.8 Å². The Morgan fingerprint density at radius 3 is 2.37 bits per heavy atom. The zero-order chi connectivity index (χ0) is 14.0. The van der Waals surface area contributed by atoms with Crippen LogP contribution in [0.3, 0.4) is 0 Å². The average Bonchev–Trinajstić information content (AvgIpc) is 2.64. The van der Waals surface area contributed by atoms with E-state index in [0.29, 0.717) is 11.9 Å². The summed E-state index contributed by atoms with van der Waals surface area (Å²) in [7, 11) is 0. The molecule has 0 unspecified atom stereocenters. The van der Waals surface area contributed by atoms with Crippen LogP contribution in [-0.4, -0.2) is 9.55 Å². The standard InChI is InChI=1S/C16H21ClN2/c1-10-7-6-8-11-13(10)19(12(9-17)18-11)14-15(2,3)16(14,4)5/h6-8,14H,9H2,1-5H3. The van der Waals surface area contributed by atoms with Crippen LogP contribution in [0.5, 0.6) is 0 Å². The maximum absolute atomic E-state index is 6.13. The van der Waals surface area contributed by atoms with Crippen LogP contribution in [-0.2, 0) is 5.88 Å². The summed E-state index contributed by atoms with van der Waals surface area (Å²) in [6, 6.07) is 6.77. The molecule has 0 N–H and O–H groups in total. The van der Waals surface area contributed by atoms with Crippen LogP contribution in [0.4, 0.5) is 0 Å². The monoisotopic (exact) mass is 276 g/mol. The summed E-state index contributed by atoms with van der Waals surface area (Å²) in [5.74, 6) is 1.46. The molecule has 1 aliphatic carbocycles. The Kier molecular flexibility index (Phi) is 2.57. The van der Waals surface area contributed by atoms with E-state index in [1.165, 1.54) is 11.1 Å². The van der Waals surface area contributed by atoms with Crippen molar-refractivity contribution in [1.29, 1.82) is 0 Å². The molecule has 3 rings (SSSR count). The molecule has 1 fully saturated rings. The zero-order valence-corrected chi connectivity index (χ0v) is 13.0. The number of benzene rings is 1. The molecule has 1 aromatic heterocycles. The second-order valence-corrected chi connectivity index (χ2v) is 7.09. The van der Waals surface area contributed by atoms with Crippen molar-refractivity contribution >= 4 is 22.6 Å². The number of hydrogen-bond acceptors (Lipinski definition) is 1. The van der Waals surface area contributed by atoms with E-state index >= 15 is 0 Å². The van der Waals surface area contributed by atoms with E-state index in [4.69, 9.17) is 16.6 Å². The molecular weight excluding hydrogens is 256 g/mol. The summed E-state index contributed by atoms with van der Waals surface area (Å²) < 4.78 is 2.39. The van der Waals surface area contributed by atoms with Crippen molar-refractivity contribution < 1.29 is 0 Å². The molecule has 0 radical (unpaired) electrons. The maximum atomic E-state index is 6.13. The van der Waals surface area contributed by atoms with E-state index in [1.54, 1.807) is 0 Å². The van der Waals surface area contributed by atoms with Gasteiger partial charge in [-0.25, -0.2) is 4.98 Å². The Bertz CT molecular complexity index is 638. The zero-order valence-electron chi connectivity index (χ0n) is 12.3. The van der Waals surface area contributed by atoms with E-state index in [2.05, 4.69) is 57.4 Å². The quantitative estimate of drug-likeness (QED) is 0.728. The first-order valence-electron chi connectivity index (χ1n) is 6.84. The molecular formula is C16H21ClN2. The molecule has 102 valence electrons. The van der Waals surface area contributed by atoms with Gasteiger partial charge in [0.1, 0.15) is 5.82 Å². The van der Waals surface area contributed by atoms with Crippen molar-refractivity contribution in [3.63, 3.8) is 0 Å². The van der Waals surface area contributed by atoms with Gasteiger partial charge < -0.3 is 4.57 Å². The summed E-state index contributed by atoms with van der Waals surface area (Å²) in [6.07, 6.45) is 0. The smallest absolute Gasteiger partial charge is 0.125 e. The molecule has 0 bridgehead atoms. The number of rotatable bonds is 2. The van der Waals surface area contributed by atoms with Gasteiger partial charge in [-0.05, 0) is 29.4 Å². The minimum Gasteiger partial charge on any atom is -0.323 e. The van der Waals surface area contributed by atoms with Gasteiger partial charge in [-0.2, -0.15) is 0 Å². The van der Waals surface area contributed by atoms with E-state index in [0.717, 1.165) is 11.3 Å². The lowest BCUT2D eigenvalue weighted by molar-refractivity contribution is 0.457. The lowest BCUT2D eigenvalue weighted by atomic mass is 10.0. The first kappa shape index (κ1) is 13.0. The SMILES string of the molecule is Cc1cccc2nc(CCl)n(C3C(C)(C)C3(C)C)c12. The highest BCUT2D eigenvalue weighted by atomic mass is 35.5. The Balaban J connectivity index is 2.29. The van der Waals surface area contributed by atoms with Crippen LogP contribution in [0.2, 0.25) is 0 Å². The highest BCUT2D eigenvalue weighted by molar-refractivity contribution is 6.16. The summed E-state index contributed by atoms with van der Waals surface area (Å²) in [6.45, 7) is 11.5. The fraction of sp³-hybridized carbons (Fsp3) is 0.562. The van der Waals surface area contributed by atoms with E-state index in [1.807, 2.05) is 0 Å². The number of halogens is 1. The second-order valence-electron chi connectivity index (χ2n) is 6.82. The summed E-state index contributed by atoms with van der Waals surface area (Å²) in [4.78, 5) is 4.72. The minimum absolute atomic E-state index is 0.281. The maximum Gasteiger partial charge on any atom is 0.125 e. The molecule has 0 aliphatic heterocycles. The van der Waals surface area contributed by atoms with Crippen LogP contribution in [0, 0.1) is 17.8 Å². The van der Waals surface area contributed by atoms with Gasteiger partial charge in [-0.15, -0.1) is 11.6 Å². The Morgan fingerprint density at radius 1 is 1.21 bits per heavy atom. The number of nitrogens with zero attached hydrogens (tertiary/aromatic N) is 2.